The molecule has 0 unspecified atom stereocenters. The Morgan fingerprint density at radius 3 is 2.44 bits per heavy atom. The monoisotopic (exact) mass is 331 g/mol. The average molecular weight is 331 g/mol. The zero-order valence-electron chi connectivity index (χ0n) is 14.4. The Morgan fingerprint density at radius 1 is 0.920 bits per heavy atom. The molecule has 0 N–H and O–H groups in total. The smallest absolute Gasteiger partial charge is 0.253 e. The Kier molecular flexibility index (Phi) is 4.10. The highest BCUT2D eigenvalue weighted by Crippen LogP contribution is 2.23. The van der Waals surface area contributed by atoms with Crippen molar-refractivity contribution in [3.05, 3.63) is 72.1 Å². The minimum absolute atomic E-state index is 0.129. The SMILES string of the molecule is Cc1ccc(C(=O)N2CCN(c3ccc4cnccc4c3)CC2)cc1. The molecule has 4 rings (SSSR count). The van der Waals surface area contributed by atoms with Gasteiger partial charge in [0.15, 0.2) is 0 Å². The number of aryl methyl sites for hydroxylation is 1. The molecule has 0 spiro atoms. The van der Waals surface area contributed by atoms with Crippen LogP contribution in [0.3, 0.4) is 0 Å². The number of hydrogen-bond acceptors (Lipinski definition) is 3. The van der Waals surface area contributed by atoms with Gasteiger partial charge in [0.25, 0.3) is 5.91 Å². The lowest BCUT2D eigenvalue weighted by molar-refractivity contribution is 0.0747. The number of aromatic nitrogens is 1. The van der Waals surface area contributed by atoms with E-state index in [2.05, 4.69) is 28.1 Å². The van der Waals surface area contributed by atoms with Gasteiger partial charge in [-0.05, 0) is 42.6 Å². The molecule has 1 fully saturated rings. The number of piperazine rings is 1. The summed E-state index contributed by atoms with van der Waals surface area (Å²) in [5.74, 6) is 0.129. The fourth-order valence-electron chi connectivity index (χ4n) is 3.31. The van der Waals surface area contributed by atoms with E-state index in [4.69, 9.17) is 0 Å². The summed E-state index contributed by atoms with van der Waals surface area (Å²) in [5.41, 5.74) is 3.16. The molecule has 1 amide bonds. The molecule has 4 heteroatoms. The summed E-state index contributed by atoms with van der Waals surface area (Å²) in [6.07, 6.45) is 3.71. The Hall–Kier alpha value is -2.88. The van der Waals surface area contributed by atoms with E-state index in [0.29, 0.717) is 0 Å². The van der Waals surface area contributed by atoms with Gasteiger partial charge in [-0.15, -0.1) is 0 Å². The third-order valence-corrected chi connectivity index (χ3v) is 4.85. The summed E-state index contributed by atoms with van der Waals surface area (Å²) in [6, 6.07) is 16.3. The van der Waals surface area contributed by atoms with Gasteiger partial charge in [0.2, 0.25) is 0 Å². The second kappa shape index (κ2) is 6.55. The summed E-state index contributed by atoms with van der Waals surface area (Å²) >= 11 is 0. The van der Waals surface area contributed by atoms with E-state index in [1.807, 2.05) is 54.5 Å². The van der Waals surface area contributed by atoms with E-state index < -0.39 is 0 Å². The van der Waals surface area contributed by atoms with Crippen molar-refractivity contribution in [3.8, 4) is 0 Å². The van der Waals surface area contributed by atoms with E-state index in [9.17, 15) is 4.79 Å². The van der Waals surface area contributed by atoms with Crippen molar-refractivity contribution in [3.63, 3.8) is 0 Å². The highest BCUT2D eigenvalue weighted by Gasteiger charge is 2.22. The molecule has 3 aromatic rings. The summed E-state index contributed by atoms with van der Waals surface area (Å²) in [7, 11) is 0. The number of rotatable bonds is 2. The molecule has 2 aromatic carbocycles. The Balaban J connectivity index is 1.45. The predicted octanol–water partition coefficient (Wildman–Crippen LogP) is 3.51. The maximum absolute atomic E-state index is 12.6. The molecular weight excluding hydrogens is 310 g/mol. The van der Waals surface area contributed by atoms with Crippen molar-refractivity contribution in [2.45, 2.75) is 6.92 Å². The molecule has 25 heavy (non-hydrogen) atoms. The van der Waals surface area contributed by atoms with Gasteiger partial charge in [-0.3, -0.25) is 9.78 Å². The number of carbonyl (C=O) groups excluding carboxylic acids is 1. The van der Waals surface area contributed by atoms with Crippen LogP contribution in [0.4, 0.5) is 5.69 Å². The van der Waals surface area contributed by atoms with Crippen molar-refractivity contribution < 1.29 is 4.79 Å². The number of benzene rings is 2. The van der Waals surface area contributed by atoms with Gasteiger partial charge in [0.05, 0.1) is 0 Å². The number of nitrogens with zero attached hydrogens (tertiary/aromatic N) is 3. The maximum atomic E-state index is 12.6. The van der Waals surface area contributed by atoms with Crippen LogP contribution in [0.15, 0.2) is 60.9 Å². The van der Waals surface area contributed by atoms with Crippen molar-refractivity contribution in [1.29, 1.82) is 0 Å². The summed E-state index contributed by atoms with van der Waals surface area (Å²) < 4.78 is 0. The van der Waals surface area contributed by atoms with E-state index in [-0.39, 0.29) is 5.91 Å². The standard InChI is InChI=1S/C21H21N3O/c1-16-2-4-17(5-3-16)21(25)24-12-10-23(11-13-24)20-7-6-19-15-22-9-8-18(19)14-20/h2-9,14-15H,10-13H2,1H3. The third kappa shape index (κ3) is 3.20. The first-order valence-electron chi connectivity index (χ1n) is 8.65. The molecule has 1 aromatic heterocycles. The van der Waals surface area contributed by atoms with Gasteiger partial charge in [-0.25, -0.2) is 0 Å². The van der Waals surface area contributed by atoms with Crippen LogP contribution in [0, 0.1) is 6.92 Å². The van der Waals surface area contributed by atoms with Crippen LogP contribution >= 0.6 is 0 Å². The largest absolute Gasteiger partial charge is 0.368 e. The first-order chi connectivity index (χ1) is 12.2. The number of amides is 1. The van der Waals surface area contributed by atoms with E-state index in [1.54, 1.807) is 0 Å². The minimum atomic E-state index is 0.129. The number of hydrogen-bond donors (Lipinski definition) is 0. The summed E-state index contributed by atoms with van der Waals surface area (Å²) in [6.45, 7) is 5.25. The van der Waals surface area contributed by atoms with Crippen molar-refractivity contribution in [2.75, 3.05) is 31.1 Å². The highest BCUT2D eigenvalue weighted by atomic mass is 16.2. The normalized spacial score (nSPS) is 14.8. The number of fused-ring (bicyclic) bond motifs is 1. The zero-order chi connectivity index (χ0) is 17.2. The van der Waals surface area contributed by atoms with Gasteiger partial charge < -0.3 is 9.80 Å². The predicted molar refractivity (Wildman–Crippen MR) is 101 cm³/mol. The summed E-state index contributed by atoms with van der Waals surface area (Å²) in [4.78, 5) is 21.1. The Labute approximate surface area is 147 Å². The van der Waals surface area contributed by atoms with Crippen molar-refractivity contribution in [1.82, 2.24) is 9.88 Å². The van der Waals surface area contributed by atoms with Crippen LogP contribution in [0.1, 0.15) is 15.9 Å². The Bertz CT molecular complexity index is 896. The number of anilines is 1. The van der Waals surface area contributed by atoms with Crippen LogP contribution in [0.25, 0.3) is 10.8 Å². The molecule has 1 aliphatic heterocycles. The van der Waals surface area contributed by atoms with Crippen LogP contribution in [0.5, 0.6) is 0 Å². The van der Waals surface area contributed by atoms with Crippen molar-refractivity contribution in [2.24, 2.45) is 0 Å². The van der Waals surface area contributed by atoms with Crippen LogP contribution in [0.2, 0.25) is 0 Å². The molecule has 0 atom stereocenters. The van der Waals surface area contributed by atoms with Crippen LogP contribution in [-0.4, -0.2) is 42.0 Å². The third-order valence-electron chi connectivity index (χ3n) is 4.85. The fourth-order valence-corrected chi connectivity index (χ4v) is 3.31. The maximum Gasteiger partial charge on any atom is 0.253 e. The zero-order valence-corrected chi connectivity index (χ0v) is 14.4. The van der Waals surface area contributed by atoms with Gasteiger partial charge in [0, 0.05) is 55.2 Å². The van der Waals surface area contributed by atoms with Crippen molar-refractivity contribution >= 4 is 22.4 Å². The summed E-state index contributed by atoms with van der Waals surface area (Å²) in [5, 5.41) is 2.35. The molecule has 1 saturated heterocycles. The molecule has 126 valence electrons. The molecule has 2 heterocycles. The lowest BCUT2D eigenvalue weighted by atomic mass is 10.1. The molecule has 0 radical (unpaired) electrons. The first kappa shape index (κ1) is 15.6. The van der Waals surface area contributed by atoms with Crippen LogP contribution < -0.4 is 4.90 Å². The quantitative estimate of drug-likeness (QED) is 0.721. The van der Waals surface area contributed by atoms with Gasteiger partial charge >= 0.3 is 0 Å². The number of carbonyl (C=O) groups is 1. The molecule has 0 saturated carbocycles. The Morgan fingerprint density at radius 2 is 1.68 bits per heavy atom. The minimum Gasteiger partial charge on any atom is -0.368 e. The molecule has 4 nitrogen and oxygen atoms in total. The van der Waals surface area contributed by atoms with Gasteiger partial charge in [0.1, 0.15) is 0 Å². The number of pyridine rings is 1. The van der Waals surface area contributed by atoms with Crippen LogP contribution in [-0.2, 0) is 0 Å². The van der Waals surface area contributed by atoms with E-state index in [0.717, 1.165) is 37.1 Å². The average Bonchev–Trinajstić information content (AvgIpc) is 2.68. The second-order valence-corrected chi connectivity index (χ2v) is 6.55. The first-order valence-corrected chi connectivity index (χ1v) is 8.65. The van der Waals surface area contributed by atoms with Gasteiger partial charge in [-0.2, -0.15) is 0 Å². The lowest BCUT2D eigenvalue weighted by Gasteiger charge is -2.36. The van der Waals surface area contributed by atoms with E-state index >= 15 is 0 Å². The van der Waals surface area contributed by atoms with E-state index in [1.165, 1.54) is 16.6 Å². The molecule has 0 bridgehead atoms. The van der Waals surface area contributed by atoms with Gasteiger partial charge in [-0.1, -0.05) is 23.8 Å². The molecule has 0 aliphatic carbocycles. The molecular formula is C21H21N3O. The molecule has 1 aliphatic rings. The topological polar surface area (TPSA) is 36.4 Å². The highest BCUT2D eigenvalue weighted by molar-refractivity contribution is 5.94. The lowest BCUT2D eigenvalue weighted by Crippen LogP contribution is -2.48. The second-order valence-electron chi connectivity index (χ2n) is 6.55. The fraction of sp³-hybridized carbons (Fsp3) is 0.238.